The van der Waals surface area contributed by atoms with Crippen molar-refractivity contribution < 1.29 is 0 Å². The Kier molecular flexibility index (Phi) is 2.30. The first kappa shape index (κ1) is 12.0. The number of aromatic nitrogens is 1. The smallest absolute Gasteiger partial charge is 0.0449 e. The molecule has 2 atom stereocenters. The maximum absolute atomic E-state index is 6.61. The van der Waals surface area contributed by atoms with Crippen LogP contribution in [0.4, 0.5) is 0 Å². The van der Waals surface area contributed by atoms with Gasteiger partial charge in [-0.25, -0.2) is 0 Å². The maximum Gasteiger partial charge on any atom is 0.0449 e. The molecule has 4 saturated carbocycles. The van der Waals surface area contributed by atoms with E-state index in [0.717, 1.165) is 23.7 Å². The van der Waals surface area contributed by atoms with Crippen molar-refractivity contribution in [3.63, 3.8) is 0 Å². The molecule has 2 aromatic rings. The van der Waals surface area contributed by atoms with E-state index in [9.17, 15) is 0 Å². The zero-order valence-corrected chi connectivity index (χ0v) is 12.3. The van der Waals surface area contributed by atoms with Gasteiger partial charge in [-0.3, -0.25) is 0 Å². The third-order valence-electron chi connectivity index (χ3n) is 6.47. The summed E-state index contributed by atoms with van der Waals surface area (Å²) in [7, 11) is 0. The fourth-order valence-electron chi connectivity index (χ4n) is 5.71. The number of rotatable bonds is 2. The molecular weight excluding hydrogens is 256 g/mol. The van der Waals surface area contributed by atoms with Crippen molar-refractivity contribution in [1.82, 2.24) is 4.57 Å². The molecule has 0 amide bonds. The van der Waals surface area contributed by atoms with E-state index < -0.39 is 0 Å². The van der Waals surface area contributed by atoms with Crippen LogP contribution in [0.2, 0.25) is 0 Å². The summed E-state index contributed by atoms with van der Waals surface area (Å²) in [4.78, 5) is 0. The lowest BCUT2D eigenvalue weighted by atomic mass is 9.68. The van der Waals surface area contributed by atoms with Gasteiger partial charge in [0.15, 0.2) is 0 Å². The molecule has 4 aliphatic rings. The summed E-state index contributed by atoms with van der Waals surface area (Å²) in [6.07, 6.45) is 9.47. The lowest BCUT2D eigenvalue weighted by Gasteiger charge is -2.37. The molecular formula is C19H22N2. The molecule has 108 valence electrons. The van der Waals surface area contributed by atoms with Gasteiger partial charge < -0.3 is 10.3 Å². The SMILES string of the molecule is NC12CC3CC1CC(C2)C3c1ccc(-n2cccc2)cc1. The number of nitrogens with two attached hydrogens (primary N) is 1. The van der Waals surface area contributed by atoms with Crippen LogP contribution in [-0.4, -0.2) is 10.1 Å². The molecule has 1 aromatic carbocycles. The van der Waals surface area contributed by atoms with Crippen LogP contribution in [0, 0.1) is 17.8 Å². The monoisotopic (exact) mass is 278 g/mol. The third-order valence-corrected chi connectivity index (χ3v) is 6.47. The van der Waals surface area contributed by atoms with E-state index in [4.69, 9.17) is 5.73 Å². The van der Waals surface area contributed by atoms with Crippen LogP contribution in [0.1, 0.15) is 37.2 Å². The van der Waals surface area contributed by atoms with Gasteiger partial charge in [0.05, 0.1) is 0 Å². The fraction of sp³-hybridized carbons (Fsp3) is 0.474. The quantitative estimate of drug-likeness (QED) is 0.892. The van der Waals surface area contributed by atoms with Crippen molar-refractivity contribution in [2.24, 2.45) is 23.5 Å². The van der Waals surface area contributed by atoms with Crippen molar-refractivity contribution in [3.8, 4) is 5.69 Å². The number of nitrogens with zero attached hydrogens (tertiary/aromatic N) is 1. The number of benzene rings is 1. The van der Waals surface area contributed by atoms with E-state index in [2.05, 4.69) is 53.4 Å². The number of hydrogen-bond acceptors (Lipinski definition) is 1. The molecule has 6 rings (SSSR count). The zero-order chi connectivity index (χ0) is 14.0. The van der Waals surface area contributed by atoms with Crippen LogP contribution in [0.15, 0.2) is 48.8 Å². The van der Waals surface area contributed by atoms with Crippen LogP contribution in [0.5, 0.6) is 0 Å². The Morgan fingerprint density at radius 3 is 2.14 bits per heavy atom. The van der Waals surface area contributed by atoms with Crippen LogP contribution in [0.25, 0.3) is 5.69 Å². The molecule has 2 nitrogen and oxygen atoms in total. The van der Waals surface area contributed by atoms with Gasteiger partial charge in [0.25, 0.3) is 0 Å². The van der Waals surface area contributed by atoms with Gasteiger partial charge in [-0.2, -0.15) is 0 Å². The summed E-state index contributed by atoms with van der Waals surface area (Å²) in [5, 5.41) is 0. The molecule has 0 spiro atoms. The Bertz CT molecular complexity index is 639. The molecule has 0 saturated heterocycles. The topological polar surface area (TPSA) is 30.9 Å². The lowest BCUT2D eigenvalue weighted by molar-refractivity contribution is 0.219. The average Bonchev–Trinajstić information content (AvgIpc) is 3.13. The maximum atomic E-state index is 6.61. The third kappa shape index (κ3) is 1.63. The Morgan fingerprint density at radius 2 is 1.57 bits per heavy atom. The summed E-state index contributed by atoms with van der Waals surface area (Å²) < 4.78 is 2.17. The average molecular weight is 278 g/mol. The van der Waals surface area contributed by atoms with Gasteiger partial charge in [-0.05, 0) is 79.2 Å². The van der Waals surface area contributed by atoms with Gasteiger partial charge in [0.2, 0.25) is 0 Å². The molecule has 4 aliphatic carbocycles. The van der Waals surface area contributed by atoms with Crippen molar-refractivity contribution in [2.45, 2.75) is 37.1 Å². The van der Waals surface area contributed by atoms with Gasteiger partial charge >= 0.3 is 0 Å². The minimum absolute atomic E-state index is 0.205. The van der Waals surface area contributed by atoms with Crippen LogP contribution >= 0.6 is 0 Å². The van der Waals surface area contributed by atoms with Gasteiger partial charge in [-0.15, -0.1) is 0 Å². The minimum Gasteiger partial charge on any atom is -0.325 e. The van der Waals surface area contributed by atoms with Crippen molar-refractivity contribution in [1.29, 1.82) is 0 Å². The summed E-state index contributed by atoms with van der Waals surface area (Å²) >= 11 is 0. The highest BCUT2D eigenvalue weighted by atomic mass is 14.9. The molecule has 4 fully saturated rings. The summed E-state index contributed by atoms with van der Waals surface area (Å²) in [5.74, 6) is 3.26. The van der Waals surface area contributed by atoms with Crippen LogP contribution in [-0.2, 0) is 0 Å². The second-order valence-electron chi connectivity index (χ2n) is 7.54. The first-order valence-electron chi connectivity index (χ1n) is 8.25. The predicted octanol–water partition coefficient (Wildman–Crippen LogP) is 3.71. The second-order valence-corrected chi connectivity index (χ2v) is 7.54. The minimum atomic E-state index is 0.205. The largest absolute Gasteiger partial charge is 0.325 e. The van der Waals surface area contributed by atoms with Gasteiger partial charge in [-0.1, -0.05) is 12.1 Å². The molecule has 2 heteroatoms. The lowest BCUT2D eigenvalue weighted by Crippen LogP contribution is -2.41. The summed E-state index contributed by atoms with van der Waals surface area (Å²) in [6, 6.07) is 13.4. The molecule has 2 unspecified atom stereocenters. The predicted molar refractivity (Wildman–Crippen MR) is 84.4 cm³/mol. The number of hydrogen-bond donors (Lipinski definition) is 1. The van der Waals surface area contributed by atoms with E-state index in [1.54, 1.807) is 5.56 Å². The summed E-state index contributed by atoms with van der Waals surface area (Å²) in [6.45, 7) is 0. The molecule has 2 N–H and O–H groups in total. The molecule has 0 aliphatic heterocycles. The highest BCUT2D eigenvalue weighted by Gasteiger charge is 2.59. The van der Waals surface area contributed by atoms with Crippen molar-refractivity contribution >= 4 is 0 Å². The molecule has 0 radical (unpaired) electrons. The normalized spacial score (nSPS) is 40.0. The zero-order valence-electron chi connectivity index (χ0n) is 12.3. The van der Waals surface area contributed by atoms with Crippen LogP contribution < -0.4 is 5.73 Å². The Balaban J connectivity index is 1.46. The molecule has 4 bridgehead atoms. The highest BCUT2D eigenvalue weighted by Crippen LogP contribution is 2.64. The summed E-state index contributed by atoms with van der Waals surface area (Å²) in [5.41, 5.74) is 9.62. The molecule has 21 heavy (non-hydrogen) atoms. The van der Waals surface area contributed by atoms with Crippen molar-refractivity contribution in [3.05, 3.63) is 54.4 Å². The van der Waals surface area contributed by atoms with E-state index >= 15 is 0 Å². The highest BCUT2D eigenvalue weighted by molar-refractivity contribution is 5.38. The second kappa shape index (κ2) is 4.01. The first-order valence-corrected chi connectivity index (χ1v) is 8.25. The Morgan fingerprint density at radius 1 is 0.952 bits per heavy atom. The Labute approximate surface area is 126 Å². The van der Waals surface area contributed by atoms with E-state index in [0.29, 0.717) is 0 Å². The first-order chi connectivity index (χ1) is 10.2. The molecule has 1 aromatic heterocycles. The van der Waals surface area contributed by atoms with Crippen LogP contribution in [0.3, 0.4) is 0 Å². The molecule has 1 heterocycles. The Hall–Kier alpha value is -1.54. The fourth-order valence-corrected chi connectivity index (χ4v) is 5.71. The van der Waals surface area contributed by atoms with Gasteiger partial charge in [0.1, 0.15) is 0 Å². The van der Waals surface area contributed by atoms with E-state index in [1.165, 1.54) is 31.4 Å². The van der Waals surface area contributed by atoms with Gasteiger partial charge in [0, 0.05) is 23.6 Å². The van der Waals surface area contributed by atoms with E-state index in [1.807, 2.05) is 0 Å². The van der Waals surface area contributed by atoms with Crippen molar-refractivity contribution in [2.75, 3.05) is 0 Å². The van der Waals surface area contributed by atoms with E-state index in [-0.39, 0.29) is 5.54 Å². The standard InChI is InChI=1S/C19H22N2/c20-19-11-14-9-16(19)10-15(12-19)18(14)13-3-5-17(6-4-13)21-7-1-2-8-21/h1-8,14-16,18H,9-12,20H2.